The lowest BCUT2D eigenvalue weighted by atomic mass is 9.69. The van der Waals surface area contributed by atoms with Gasteiger partial charge in [-0.1, -0.05) is 12.8 Å². The second-order valence-electron chi connectivity index (χ2n) is 8.00. The fraction of sp³-hybridized carbons (Fsp3) is 0.667. The predicted octanol–water partition coefficient (Wildman–Crippen LogP) is 5.85. The second-order valence-corrected chi connectivity index (χ2v) is 8.00. The summed E-state index contributed by atoms with van der Waals surface area (Å²) in [5.74, 6) is -1.13. The third kappa shape index (κ3) is 4.65. The lowest BCUT2D eigenvalue weighted by Crippen LogP contribution is -2.26. The van der Waals surface area contributed by atoms with Gasteiger partial charge in [-0.25, -0.2) is 13.2 Å². The van der Waals surface area contributed by atoms with Crippen LogP contribution in [-0.2, 0) is 11.2 Å². The molecule has 2 fully saturated rings. The van der Waals surface area contributed by atoms with Crippen LogP contribution in [0.4, 0.5) is 13.2 Å². The van der Waals surface area contributed by atoms with Crippen LogP contribution in [-0.4, -0.2) is 6.29 Å². The standard InChI is InChI=1S/C21H27F3O/c22-19-11-16(12-20(23)21(19)24)2-1-14-3-7-17(8-4-14)18-9-5-15(13-25)6-10-18/h11-15,17-18H,1-10H2. The Kier molecular flexibility index (Phi) is 6.19. The molecular weight excluding hydrogens is 325 g/mol. The maximum Gasteiger partial charge on any atom is 0.194 e. The summed E-state index contributed by atoms with van der Waals surface area (Å²) in [7, 11) is 0. The maximum absolute atomic E-state index is 13.3. The van der Waals surface area contributed by atoms with E-state index in [1.165, 1.54) is 38.5 Å². The summed E-state index contributed by atoms with van der Waals surface area (Å²) in [5.41, 5.74) is 0.547. The highest BCUT2D eigenvalue weighted by atomic mass is 19.2. The number of carbonyl (C=O) groups is 1. The molecule has 0 N–H and O–H groups in total. The van der Waals surface area contributed by atoms with E-state index in [1.54, 1.807) is 0 Å². The van der Waals surface area contributed by atoms with E-state index in [2.05, 4.69) is 0 Å². The predicted molar refractivity (Wildman–Crippen MR) is 91.6 cm³/mol. The summed E-state index contributed by atoms with van der Waals surface area (Å²) in [6.07, 6.45) is 11.9. The smallest absolute Gasteiger partial charge is 0.194 e. The summed E-state index contributed by atoms with van der Waals surface area (Å²) < 4.78 is 39.6. The van der Waals surface area contributed by atoms with Gasteiger partial charge in [-0.2, -0.15) is 0 Å². The molecule has 0 saturated heterocycles. The van der Waals surface area contributed by atoms with Gasteiger partial charge in [0.05, 0.1) is 0 Å². The number of hydrogen-bond acceptors (Lipinski definition) is 1. The minimum Gasteiger partial charge on any atom is -0.303 e. The van der Waals surface area contributed by atoms with Crippen molar-refractivity contribution in [2.45, 2.75) is 64.2 Å². The minimum atomic E-state index is -1.38. The Morgan fingerprint density at radius 1 is 0.840 bits per heavy atom. The lowest BCUT2D eigenvalue weighted by Gasteiger charge is -2.37. The number of aryl methyl sites for hydroxylation is 1. The Labute approximate surface area is 148 Å². The molecule has 1 aromatic carbocycles. The highest BCUT2D eigenvalue weighted by Crippen LogP contribution is 2.41. The van der Waals surface area contributed by atoms with Gasteiger partial charge in [0.1, 0.15) is 6.29 Å². The van der Waals surface area contributed by atoms with Gasteiger partial charge in [-0.15, -0.1) is 0 Å². The van der Waals surface area contributed by atoms with Crippen LogP contribution in [0.1, 0.15) is 63.4 Å². The van der Waals surface area contributed by atoms with Crippen LogP contribution in [0, 0.1) is 41.1 Å². The topological polar surface area (TPSA) is 17.1 Å². The number of halogens is 3. The quantitative estimate of drug-likeness (QED) is 0.480. The molecule has 0 amide bonds. The van der Waals surface area contributed by atoms with E-state index < -0.39 is 17.5 Å². The third-order valence-electron chi connectivity index (χ3n) is 6.45. The van der Waals surface area contributed by atoms with Gasteiger partial charge in [0.2, 0.25) is 0 Å². The van der Waals surface area contributed by atoms with Crippen molar-refractivity contribution in [2.75, 3.05) is 0 Å². The normalized spacial score (nSPS) is 30.2. The molecule has 0 spiro atoms. The van der Waals surface area contributed by atoms with Crippen molar-refractivity contribution in [1.29, 1.82) is 0 Å². The molecule has 0 atom stereocenters. The Balaban J connectivity index is 1.43. The highest BCUT2D eigenvalue weighted by molar-refractivity contribution is 5.53. The lowest BCUT2D eigenvalue weighted by molar-refractivity contribution is -0.112. The molecule has 1 aromatic rings. The van der Waals surface area contributed by atoms with Crippen LogP contribution in [0.3, 0.4) is 0 Å². The largest absolute Gasteiger partial charge is 0.303 e. The van der Waals surface area contributed by atoms with Crippen molar-refractivity contribution in [3.63, 3.8) is 0 Å². The van der Waals surface area contributed by atoms with Crippen LogP contribution in [0.2, 0.25) is 0 Å². The average Bonchev–Trinajstić information content (AvgIpc) is 2.65. The molecule has 0 bridgehead atoms. The molecular formula is C21H27F3O. The van der Waals surface area contributed by atoms with Gasteiger partial charge in [0, 0.05) is 5.92 Å². The Hall–Kier alpha value is -1.32. The van der Waals surface area contributed by atoms with E-state index in [9.17, 15) is 18.0 Å². The van der Waals surface area contributed by atoms with Crippen molar-refractivity contribution >= 4 is 6.29 Å². The molecule has 2 aliphatic carbocycles. The van der Waals surface area contributed by atoms with E-state index in [0.29, 0.717) is 17.9 Å². The first-order chi connectivity index (χ1) is 12.1. The van der Waals surface area contributed by atoms with Gasteiger partial charge in [-0.3, -0.25) is 0 Å². The minimum absolute atomic E-state index is 0.282. The van der Waals surface area contributed by atoms with Crippen molar-refractivity contribution in [3.05, 3.63) is 35.1 Å². The molecule has 1 nitrogen and oxygen atoms in total. The van der Waals surface area contributed by atoms with E-state index in [0.717, 1.165) is 49.5 Å². The van der Waals surface area contributed by atoms with Crippen LogP contribution in [0.15, 0.2) is 12.1 Å². The fourth-order valence-electron chi connectivity index (χ4n) is 4.82. The molecule has 4 heteroatoms. The molecule has 2 aliphatic rings. The molecule has 138 valence electrons. The van der Waals surface area contributed by atoms with Gasteiger partial charge in [0.15, 0.2) is 17.5 Å². The summed E-state index contributed by atoms with van der Waals surface area (Å²) >= 11 is 0. The van der Waals surface area contributed by atoms with Crippen LogP contribution in [0.25, 0.3) is 0 Å². The Morgan fingerprint density at radius 3 is 1.88 bits per heavy atom. The van der Waals surface area contributed by atoms with E-state index in [4.69, 9.17) is 0 Å². The SMILES string of the molecule is O=CC1CCC(C2CCC(CCc3cc(F)c(F)c(F)c3)CC2)CC1. The number of rotatable bonds is 5. The van der Waals surface area contributed by atoms with E-state index >= 15 is 0 Å². The number of benzene rings is 1. The van der Waals surface area contributed by atoms with Gasteiger partial charge >= 0.3 is 0 Å². The third-order valence-corrected chi connectivity index (χ3v) is 6.45. The van der Waals surface area contributed by atoms with Crippen LogP contribution < -0.4 is 0 Å². The van der Waals surface area contributed by atoms with Gasteiger partial charge in [0.25, 0.3) is 0 Å². The molecule has 0 aromatic heterocycles. The van der Waals surface area contributed by atoms with Crippen molar-refractivity contribution in [3.8, 4) is 0 Å². The van der Waals surface area contributed by atoms with E-state index in [1.807, 2.05) is 0 Å². The number of aldehydes is 1. The summed E-state index contributed by atoms with van der Waals surface area (Å²) in [4.78, 5) is 10.9. The molecule has 0 radical (unpaired) electrons. The zero-order valence-electron chi connectivity index (χ0n) is 14.7. The fourth-order valence-corrected chi connectivity index (χ4v) is 4.82. The highest BCUT2D eigenvalue weighted by Gasteiger charge is 2.30. The van der Waals surface area contributed by atoms with E-state index in [-0.39, 0.29) is 5.92 Å². The second kappa shape index (κ2) is 8.37. The Morgan fingerprint density at radius 2 is 1.36 bits per heavy atom. The average molecular weight is 352 g/mol. The van der Waals surface area contributed by atoms with Crippen molar-refractivity contribution in [1.82, 2.24) is 0 Å². The molecule has 3 rings (SSSR count). The summed E-state index contributed by atoms with van der Waals surface area (Å²) in [6, 6.07) is 2.24. The molecule has 2 saturated carbocycles. The van der Waals surface area contributed by atoms with Gasteiger partial charge < -0.3 is 4.79 Å². The van der Waals surface area contributed by atoms with Crippen molar-refractivity contribution in [2.24, 2.45) is 23.7 Å². The zero-order valence-corrected chi connectivity index (χ0v) is 14.7. The summed E-state index contributed by atoms with van der Waals surface area (Å²) in [6.45, 7) is 0. The molecule has 0 heterocycles. The first-order valence-electron chi connectivity index (χ1n) is 9.65. The Bertz CT molecular complexity index is 562. The van der Waals surface area contributed by atoms with Crippen LogP contribution >= 0.6 is 0 Å². The molecule has 25 heavy (non-hydrogen) atoms. The monoisotopic (exact) mass is 352 g/mol. The molecule has 0 unspecified atom stereocenters. The number of hydrogen-bond donors (Lipinski definition) is 0. The summed E-state index contributed by atoms with van der Waals surface area (Å²) in [5, 5.41) is 0. The zero-order chi connectivity index (χ0) is 17.8. The molecule has 0 aliphatic heterocycles. The number of carbonyl (C=O) groups excluding carboxylic acids is 1. The van der Waals surface area contributed by atoms with Crippen LogP contribution in [0.5, 0.6) is 0 Å². The van der Waals surface area contributed by atoms with Crippen molar-refractivity contribution < 1.29 is 18.0 Å². The van der Waals surface area contributed by atoms with Gasteiger partial charge in [-0.05, 0) is 86.8 Å². The first-order valence-corrected chi connectivity index (χ1v) is 9.65. The maximum atomic E-state index is 13.3. The first kappa shape index (κ1) is 18.5.